The van der Waals surface area contributed by atoms with E-state index < -0.39 is 97.5 Å². The summed E-state index contributed by atoms with van der Waals surface area (Å²) in [7, 11) is -9.90. The number of aliphatic hydroxyl groups excluding tert-OH is 1. The molecule has 0 rings (SSSR count). The van der Waals surface area contributed by atoms with Gasteiger partial charge in [-0.25, -0.2) is 9.13 Å². The first kappa shape index (κ1) is 87.1. The van der Waals surface area contributed by atoms with Crippen molar-refractivity contribution in [2.45, 2.75) is 363 Å². The summed E-state index contributed by atoms with van der Waals surface area (Å²) in [5, 5.41) is 10.6. The van der Waals surface area contributed by atoms with E-state index in [9.17, 15) is 43.2 Å². The Kier molecular flexibility index (Phi) is 58.5. The first-order chi connectivity index (χ1) is 42.6. The second-order valence-corrected chi connectivity index (χ2v) is 29.8. The van der Waals surface area contributed by atoms with Gasteiger partial charge in [-0.2, -0.15) is 0 Å². The first-order valence-corrected chi connectivity index (χ1v) is 39.2. The van der Waals surface area contributed by atoms with Crippen LogP contribution in [0.1, 0.15) is 344 Å². The van der Waals surface area contributed by atoms with Gasteiger partial charge < -0.3 is 33.8 Å². The van der Waals surface area contributed by atoms with Crippen LogP contribution in [0.2, 0.25) is 0 Å². The lowest BCUT2D eigenvalue weighted by Gasteiger charge is -2.21. The average Bonchev–Trinajstić information content (AvgIpc) is 3.69. The van der Waals surface area contributed by atoms with Gasteiger partial charge in [-0.1, -0.05) is 293 Å². The van der Waals surface area contributed by atoms with Crippen LogP contribution in [0.4, 0.5) is 0 Å². The molecule has 17 nitrogen and oxygen atoms in total. The van der Waals surface area contributed by atoms with Gasteiger partial charge in [0.25, 0.3) is 0 Å². The maximum Gasteiger partial charge on any atom is 0.472 e. The molecule has 0 amide bonds. The number of carbonyl (C=O) groups is 4. The average molecular weight is 1310 g/mol. The summed E-state index contributed by atoms with van der Waals surface area (Å²) in [4.78, 5) is 72.5. The van der Waals surface area contributed by atoms with Crippen LogP contribution in [0.15, 0.2) is 0 Å². The minimum Gasteiger partial charge on any atom is -0.462 e. The van der Waals surface area contributed by atoms with Crippen LogP contribution in [0.5, 0.6) is 0 Å². The van der Waals surface area contributed by atoms with Gasteiger partial charge in [0.15, 0.2) is 12.2 Å². The number of aliphatic hydroxyl groups is 1. The maximum absolute atomic E-state index is 13.0. The van der Waals surface area contributed by atoms with E-state index in [1.807, 2.05) is 0 Å². The number of phosphoric ester groups is 2. The molecular weight excluding hydrogens is 1170 g/mol. The molecule has 0 fully saturated rings. The fourth-order valence-electron chi connectivity index (χ4n) is 10.5. The number of unbranched alkanes of at least 4 members (excludes halogenated alkanes) is 32. The number of carbonyl (C=O) groups excluding carboxylic acids is 4. The van der Waals surface area contributed by atoms with Crippen LogP contribution in [0, 0.1) is 23.7 Å². The minimum atomic E-state index is -4.95. The predicted octanol–water partition coefficient (Wildman–Crippen LogP) is 19.7. The van der Waals surface area contributed by atoms with Crippen molar-refractivity contribution >= 4 is 39.5 Å². The molecule has 0 heterocycles. The molecule has 0 bridgehead atoms. The van der Waals surface area contributed by atoms with Gasteiger partial charge in [0.05, 0.1) is 26.4 Å². The number of esters is 4. The summed E-state index contributed by atoms with van der Waals surface area (Å²) in [5.74, 6) is 0.837. The highest BCUT2D eigenvalue weighted by atomic mass is 31.2. The van der Waals surface area contributed by atoms with Crippen molar-refractivity contribution in [3.8, 4) is 0 Å². The molecule has 89 heavy (non-hydrogen) atoms. The summed E-state index contributed by atoms with van der Waals surface area (Å²) < 4.78 is 68.2. The second-order valence-electron chi connectivity index (χ2n) is 26.9. The fourth-order valence-corrected chi connectivity index (χ4v) is 12.0. The lowest BCUT2D eigenvalue weighted by molar-refractivity contribution is -0.161. The normalized spacial score (nSPS) is 14.6. The van der Waals surface area contributed by atoms with E-state index in [0.717, 1.165) is 108 Å². The van der Waals surface area contributed by atoms with Crippen LogP contribution < -0.4 is 0 Å². The van der Waals surface area contributed by atoms with Gasteiger partial charge in [-0.15, -0.1) is 0 Å². The summed E-state index contributed by atoms with van der Waals surface area (Å²) in [6.45, 7) is 14.0. The molecule has 0 aliphatic carbocycles. The number of rotatable bonds is 67. The highest BCUT2D eigenvalue weighted by molar-refractivity contribution is 7.47. The standard InChI is InChI=1S/C70H136O17P2/c1-9-63(8)49-41-33-24-18-15-16-19-25-34-42-50-67(72)80-57-66(87-70(75)53-45-37-29-28-32-40-48-62(6)7)59-85-89(78,79)83-55-64(71)54-82-88(76,77)84-58-65(56-81-68(73)51-43-35-27-21-23-31-39-47-61(4)5)86-69(74)52-44-36-26-20-14-12-10-11-13-17-22-30-38-46-60(2)3/h60-66,71H,9-59H2,1-8H3,(H,76,77)(H,78,79)/t63?,64?,65-,66-/m1/s1. The van der Waals surface area contributed by atoms with Crippen molar-refractivity contribution in [1.82, 2.24) is 0 Å². The lowest BCUT2D eigenvalue weighted by Crippen LogP contribution is -2.30. The van der Waals surface area contributed by atoms with Gasteiger partial charge in [-0.3, -0.25) is 37.3 Å². The zero-order valence-corrected chi connectivity index (χ0v) is 59.8. The second kappa shape index (κ2) is 59.8. The van der Waals surface area contributed by atoms with E-state index in [1.165, 1.54) is 141 Å². The number of hydrogen-bond donors (Lipinski definition) is 3. The van der Waals surface area contributed by atoms with Crippen LogP contribution in [-0.2, 0) is 65.4 Å². The monoisotopic (exact) mass is 1310 g/mol. The molecule has 3 N–H and O–H groups in total. The van der Waals surface area contributed by atoms with Gasteiger partial charge in [0.1, 0.15) is 19.3 Å². The van der Waals surface area contributed by atoms with Gasteiger partial charge >= 0.3 is 39.5 Å². The van der Waals surface area contributed by atoms with Crippen molar-refractivity contribution in [2.24, 2.45) is 23.7 Å². The van der Waals surface area contributed by atoms with Crippen molar-refractivity contribution in [3.63, 3.8) is 0 Å². The molecule has 0 aliphatic heterocycles. The molecular formula is C70H136O17P2. The van der Waals surface area contributed by atoms with Crippen molar-refractivity contribution in [1.29, 1.82) is 0 Å². The molecule has 0 saturated carbocycles. The molecule has 0 aromatic heterocycles. The Hall–Kier alpha value is -1.94. The highest BCUT2D eigenvalue weighted by Gasteiger charge is 2.30. The molecule has 0 aromatic carbocycles. The molecule has 528 valence electrons. The van der Waals surface area contributed by atoms with Gasteiger partial charge in [0, 0.05) is 25.7 Å². The molecule has 4 unspecified atom stereocenters. The Labute approximate surface area is 543 Å². The Morgan fingerprint density at radius 1 is 0.315 bits per heavy atom. The number of ether oxygens (including phenoxy) is 4. The Balaban J connectivity index is 5.21. The molecule has 0 radical (unpaired) electrons. The Bertz CT molecular complexity index is 1770. The van der Waals surface area contributed by atoms with E-state index in [1.54, 1.807) is 0 Å². The summed E-state index contributed by atoms with van der Waals surface area (Å²) in [6, 6.07) is 0. The fraction of sp³-hybridized carbons (Fsp3) is 0.943. The third-order valence-electron chi connectivity index (χ3n) is 16.4. The third kappa shape index (κ3) is 63.2. The van der Waals surface area contributed by atoms with Crippen molar-refractivity contribution in [2.75, 3.05) is 39.6 Å². The number of phosphoric acid groups is 2. The van der Waals surface area contributed by atoms with Crippen LogP contribution in [0.25, 0.3) is 0 Å². The zero-order valence-electron chi connectivity index (χ0n) is 58.1. The zero-order chi connectivity index (χ0) is 66.1. The van der Waals surface area contributed by atoms with E-state index in [2.05, 4.69) is 55.4 Å². The molecule has 0 aliphatic rings. The predicted molar refractivity (Wildman–Crippen MR) is 358 cm³/mol. The molecule has 0 saturated heterocycles. The first-order valence-electron chi connectivity index (χ1n) is 36.2. The lowest BCUT2D eigenvalue weighted by atomic mass is 9.99. The summed E-state index contributed by atoms with van der Waals surface area (Å²) in [6.07, 6.45) is 41.9. The smallest absolute Gasteiger partial charge is 0.462 e. The molecule has 19 heteroatoms. The van der Waals surface area contributed by atoms with E-state index in [-0.39, 0.29) is 25.7 Å². The van der Waals surface area contributed by atoms with Crippen LogP contribution in [-0.4, -0.2) is 96.7 Å². The quantitative estimate of drug-likeness (QED) is 0.0222. The third-order valence-corrected chi connectivity index (χ3v) is 18.3. The molecule has 0 aromatic rings. The highest BCUT2D eigenvalue weighted by Crippen LogP contribution is 2.45. The Morgan fingerprint density at radius 2 is 0.539 bits per heavy atom. The van der Waals surface area contributed by atoms with Crippen molar-refractivity contribution < 1.29 is 80.2 Å². The molecule has 6 atom stereocenters. The van der Waals surface area contributed by atoms with E-state index in [0.29, 0.717) is 37.5 Å². The minimum absolute atomic E-state index is 0.101. The summed E-state index contributed by atoms with van der Waals surface area (Å²) >= 11 is 0. The van der Waals surface area contributed by atoms with E-state index in [4.69, 9.17) is 37.0 Å². The van der Waals surface area contributed by atoms with Crippen molar-refractivity contribution in [3.05, 3.63) is 0 Å². The Morgan fingerprint density at radius 3 is 0.798 bits per heavy atom. The summed E-state index contributed by atoms with van der Waals surface area (Å²) in [5.41, 5.74) is 0. The number of hydrogen-bond acceptors (Lipinski definition) is 15. The maximum atomic E-state index is 13.0. The van der Waals surface area contributed by atoms with E-state index >= 15 is 0 Å². The topological polar surface area (TPSA) is 237 Å². The largest absolute Gasteiger partial charge is 0.472 e. The SMILES string of the molecule is CCC(C)CCCCCCCCCCCCC(=O)OC[C@H](COP(=O)(O)OCC(O)COP(=O)(O)OC[C@@H](COC(=O)CCCCCCCCCC(C)C)OC(=O)CCCCCCCCCCCCCCCC(C)C)OC(=O)CCCCCCCCC(C)C. The van der Waals surface area contributed by atoms with Crippen LogP contribution in [0.3, 0.4) is 0 Å². The van der Waals surface area contributed by atoms with Crippen LogP contribution >= 0.6 is 15.6 Å². The van der Waals surface area contributed by atoms with Gasteiger partial charge in [-0.05, 0) is 49.4 Å². The molecule has 0 spiro atoms. The van der Waals surface area contributed by atoms with Gasteiger partial charge in [0.2, 0.25) is 0 Å².